The lowest BCUT2D eigenvalue weighted by Gasteiger charge is -2.27. The monoisotopic (exact) mass is 302 g/mol. The molecular formula is C12H22N4O3S. The Morgan fingerprint density at radius 1 is 1.55 bits per heavy atom. The minimum atomic E-state index is -0.994. The van der Waals surface area contributed by atoms with Gasteiger partial charge in [0.15, 0.2) is 5.16 Å². The average molecular weight is 302 g/mol. The van der Waals surface area contributed by atoms with Crippen LogP contribution in [0.15, 0.2) is 9.95 Å². The van der Waals surface area contributed by atoms with E-state index in [-0.39, 0.29) is 17.0 Å². The number of thioether (sulfide) groups is 1. The van der Waals surface area contributed by atoms with Crippen molar-refractivity contribution in [2.45, 2.75) is 56.1 Å². The highest BCUT2D eigenvalue weighted by Gasteiger charge is 2.33. The summed E-state index contributed by atoms with van der Waals surface area (Å²) in [6.45, 7) is 7.38. The smallest absolute Gasteiger partial charge is 0.344 e. The Morgan fingerprint density at radius 3 is 2.60 bits per heavy atom. The van der Waals surface area contributed by atoms with Crippen LogP contribution in [0.5, 0.6) is 0 Å². The van der Waals surface area contributed by atoms with Gasteiger partial charge >= 0.3 is 11.7 Å². The van der Waals surface area contributed by atoms with Gasteiger partial charge in [-0.15, -0.1) is 5.10 Å². The molecule has 1 heterocycles. The van der Waals surface area contributed by atoms with E-state index < -0.39 is 11.5 Å². The number of hydrogen-bond acceptors (Lipinski definition) is 5. The van der Waals surface area contributed by atoms with Crippen LogP contribution in [0.4, 0.5) is 0 Å². The Balaban J connectivity index is 2.84. The van der Waals surface area contributed by atoms with Gasteiger partial charge in [-0.05, 0) is 34.2 Å². The molecule has 3 N–H and O–H groups in total. The molecule has 1 rings (SSSR count). The summed E-state index contributed by atoms with van der Waals surface area (Å²) in [6.07, 6.45) is 0.419. The number of hydrogen-bond donors (Lipinski definition) is 3. The molecule has 0 aromatic carbocycles. The zero-order chi connectivity index (χ0) is 15.5. The van der Waals surface area contributed by atoms with Gasteiger partial charge in [0.25, 0.3) is 0 Å². The van der Waals surface area contributed by atoms with Crippen molar-refractivity contribution in [2.24, 2.45) is 0 Å². The maximum atomic E-state index is 11.6. The number of carboxylic acids is 1. The molecule has 7 nitrogen and oxygen atoms in total. The quantitative estimate of drug-likeness (QED) is 0.652. The number of aromatic amines is 1. The van der Waals surface area contributed by atoms with Crippen molar-refractivity contribution < 1.29 is 9.90 Å². The van der Waals surface area contributed by atoms with Crippen molar-refractivity contribution in [1.29, 1.82) is 0 Å². The van der Waals surface area contributed by atoms with Gasteiger partial charge in [0, 0.05) is 11.3 Å². The first-order chi connectivity index (χ1) is 9.21. The number of likely N-dealkylation sites (N-methyl/N-ethyl adjacent to an activating group) is 1. The van der Waals surface area contributed by atoms with Gasteiger partial charge in [0.2, 0.25) is 0 Å². The van der Waals surface area contributed by atoms with E-state index in [0.717, 1.165) is 0 Å². The van der Waals surface area contributed by atoms with Gasteiger partial charge in [0.05, 0.1) is 0 Å². The van der Waals surface area contributed by atoms with E-state index in [9.17, 15) is 14.7 Å². The molecule has 2 atom stereocenters. The third-order valence-electron chi connectivity index (χ3n) is 3.21. The zero-order valence-corrected chi connectivity index (χ0v) is 13.2. The molecule has 0 radical (unpaired) electrons. The number of carboxylic acid groups (broad SMARTS) is 1. The Bertz CT molecular complexity index is 525. The van der Waals surface area contributed by atoms with Crippen LogP contribution in [-0.2, 0) is 4.79 Å². The Kier molecular flexibility index (Phi) is 5.41. The number of H-pyrrole nitrogens is 1. The molecule has 0 saturated heterocycles. The highest BCUT2D eigenvalue weighted by Crippen LogP contribution is 2.28. The molecule has 0 fully saturated rings. The predicted molar refractivity (Wildman–Crippen MR) is 78.3 cm³/mol. The third-order valence-corrected chi connectivity index (χ3v) is 4.28. The molecule has 0 aliphatic carbocycles. The van der Waals surface area contributed by atoms with Gasteiger partial charge in [0.1, 0.15) is 5.54 Å². The van der Waals surface area contributed by atoms with E-state index in [0.29, 0.717) is 11.6 Å². The fourth-order valence-electron chi connectivity index (χ4n) is 1.92. The van der Waals surface area contributed by atoms with E-state index in [1.807, 2.05) is 20.8 Å². The fourth-order valence-corrected chi connectivity index (χ4v) is 3.20. The Labute approximate surface area is 122 Å². The van der Waals surface area contributed by atoms with Crippen LogP contribution in [0.25, 0.3) is 0 Å². The fraction of sp³-hybridized carbons (Fsp3) is 0.750. The molecule has 0 aliphatic heterocycles. The lowest BCUT2D eigenvalue weighted by Crippen LogP contribution is -2.49. The number of rotatable bonds is 7. The first kappa shape index (κ1) is 16.8. The van der Waals surface area contributed by atoms with E-state index in [1.165, 1.54) is 11.8 Å². The minimum Gasteiger partial charge on any atom is -0.480 e. The average Bonchev–Trinajstić information content (AvgIpc) is 2.69. The zero-order valence-electron chi connectivity index (χ0n) is 12.4. The van der Waals surface area contributed by atoms with Crippen LogP contribution in [0, 0.1) is 0 Å². The molecule has 0 spiro atoms. The summed E-state index contributed by atoms with van der Waals surface area (Å²) in [5.41, 5.74) is -1.24. The van der Waals surface area contributed by atoms with Crippen molar-refractivity contribution in [3.63, 3.8) is 0 Å². The van der Waals surface area contributed by atoms with E-state index in [4.69, 9.17) is 0 Å². The highest BCUT2D eigenvalue weighted by molar-refractivity contribution is 7.99. The lowest BCUT2D eigenvalue weighted by atomic mass is 9.97. The number of nitrogens with zero attached hydrogens (tertiary/aromatic N) is 2. The van der Waals surface area contributed by atoms with Crippen LogP contribution in [0.1, 0.15) is 40.2 Å². The van der Waals surface area contributed by atoms with Gasteiger partial charge in [-0.3, -0.25) is 9.36 Å². The molecule has 1 aromatic rings. The summed E-state index contributed by atoms with van der Waals surface area (Å²) >= 11 is 1.40. The second-order valence-corrected chi connectivity index (χ2v) is 6.70. The number of aliphatic carboxylic acids is 1. The van der Waals surface area contributed by atoms with Crippen LogP contribution in [0.3, 0.4) is 0 Å². The predicted octanol–water partition coefficient (Wildman–Crippen LogP) is 1.09. The SMILES string of the molecule is CNC(C)(CC(C)Sc1n[nH]c(=O)n1C(C)C)C(=O)O. The van der Waals surface area contributed by atoms with Gasteiger partial charge in [-0.2, -0.15) is 0 Å². The molecule has 8 heteroatoms. The van der Waals surface area contributed by atoms with Crippen LogP contribution in [0.2, 0.25) is 0 Å². The normalized spacial score (nSPS) is 16.1. The maximum absolute atomic E-state index is 11.6. The first-order valence-electron chi connectivity index (χ1n) is 6.47. The summed E-state index contributed by atoms with van der Waals surface area (Å²) in [5.74, 6) is -0.893. The summed E-state index contributed by atoms with van der Waals surface area (Å²) in [7, 11) is 1.63. The molecular weight excluding hydrogens is 280 g/mol. The Morgan fingerprint density at radius 2 is 2.15 bits per heavy atom. The molecule has 0 saturated carbocycles. The number of carbonyl (C=O) groups is 1. The number of nitrogens with one attached hydrogen (secondary N) is 2. The van der Waals surface area contributed by atoms with E-state index in [2.05, 4.69) is 15.5 Å². The molecule has 0 amide bonds. The van der Waals surface area contributed by atoms with Crippen molar-refractivity contribution >= 4 is 17.7 Å². The number of aromatic nitrogens is 3. The summed E-state index contributed by atoms with van der Waals surface area (Å²) < 4.78 is 1.57. The van der Waals surface area contributed by atoms with Crippen LogP contribution in [-0.4, -0.2) is 43.7 Å². The second-order valence-electron chi connectivity index (χ2n) is 5.29. The van der Waals surface area contributed by atoms with E-state index in [1.54, 1.807) is 18.5 Å². The van der Waals surface area contributed by atoms with Gasteiger partial charge < -0.3 is 10.4 Å². The largest absolute Gasteiger partial charge is 0.480 e. The second kappa shape index (κ2) is 6.45. The van der Waals surface area contributed by atoms with Crippen LogP contribution < -0.4 is 11.0 Å². The first-order valence-corrected chi connectivity index (χ1v) is 7.35. The highest BCUT2D eigenvalue weighted by atomic mass is 32.2. The summed E-state index contributed by atoms with van der Waals surface area (Å²) in [4.78, 5) is 22.9. The van der Waals surface area contributed by atoms with Crippen molar-refractivity contribution in [2.75, 3.05) is 7.05 Å². The van der Waals surface area contributed by atoms with Gasteiger partial charge in [-0.25, -0.2) is 9.89 Å². The summed E-state index contributed by atoms with van der Waals surface area (Å²) in [6, 6.07) is 0.00566. The standard InChI is InChI=1S/C12H22N4O3S/c1-7(2)16-10(19)14-15-11(16)20-8(3)6-12(4,13-5)9(17)18/h7-8,13H,6H2,1-5H3,(H,14,19)(H,17,18). The molecule has 2 unspecified atom stereocenters. The van der Waals surface area contributed by atoms with Crippen molar-refractivity contribution in [1.82, 2.24) is 20.1 Å². The molecule has 0 bridgehead atoms. The van der Waals surface area contributed by atoms with E-state index >= 15 is 0 Å². The minimum absolute atomic E-state index is 0.00347. The Hall–Kier alpha value is -1.28. The molecule has 20 heavy (non-hydrogen) atoms. The molecule has 1 aromatic heterocycles. The lowest BCUT2D eigenvalue weighted by molar-refractivity contribution is -0.144. The van der Waals surface area contributed by atoms with Crippen molar-refractivity contribution in [3.05, 3.63) is 10.5 Å². The topological polar surface area (TPSA) is 100 Å². The van der Waals surface area contributed by atoms with Crippen molar-refractivity contribution in [3.8, 4) is 0 Å². The summed E-state index contributed by atoms with van der Waals surface area (Å²) in [5, 5.41) is 19.1. The maximum Gasteiger partial charge on any atom is 0.344 e. The van der Waals surface area contributed by atoms with Crippen LogP contribution >= 0.6 is 11.8 Å². The van der Waals surface area contributed by atoms with Gasteiger partial charge in [-0.1, -0.05) is 18.7 Å². The molecule has 0 aliphatic rings. The third kappa shape index (κ3) is 3.63. The molecule has 114 valence electrons.